The summed E-state index contributed by atoms with van der Waals surface area (Å²) in [5.74, 6) is 2.06. The Morgan fingerprint density at radius 1 is 1.35 bits per heavy atom. The first-order valence-electron chi connectivity index (χ1n) is 6.82. The molecule has 2 bridgehead atoms. The number of hydrogen-bond donors (Lipinski definition) is 2. The molecule has 2 fully saturated rings. The Morgan fingerprint density at radius 3 is 2.47 bits per heavy atom. The minimum absolute atomic E-state index is 0.0470. The second-order valence-corrected chi connectivity index (χ2v) is 6.24. The molecule has 0 heterocycles. The van der Waals surface area contributed by atoms with Crippen LogP contribution in [0, 0.1) is 23.2 Å². The largest absolute Gasteiger partial charge is 0.394 e. The summed E-state index contributed by atoms with van der Waals surface area (Å²) in [4.78, 5) is 4.61. The molecule has 2 aliphatic rings. The fourth-order valence-electron chi connectivity index (χ4n) is 4.00. The Hall–Kier alpha value is -0.410. The number of nitrogens with zero attached hydrogens (tertiary/aromatic N) is 1. The maximum atomic E-state index is 9.14. The molecule has 2 N–H and O–H groups in total. The Kier molecular flexibility index (Phi) is 3.60. The Morgan fingerprint density at radius 2 is 2.00 bits per heavy atom. The van der Waals surface area contributed by atoms with Crippen LogP contribution in [0.5, 0.6) is 0 Å². The first-order valence-corrected chi connectivity index (χ1v) is 6.82. The molecule has 0 aromatic rings. The maximum absolute atomic E-state index is 9.14. The number of aliphatic imine (C=N–C) groups is 1. The highest BCUT2D eigenvalue weighted by molar-refractivity contribution is 5.91. The highest BCUT2D eigenvalue weighted by Crippen LogP contribution is 2.59. The van der Waals surface area contributed by atoms with E-state index in [1.807, 2.05) is 0 Å². The topological polar surface area (TPSA) is 52.8 Å². The van der Waals surface area contributed by atoms with Gasteiger partial charge in [-0.2, -0.15) is 0 Å². The van der Waals surface area contributed by atoms with Gasteiger partial charge in [0.25, 0.3) is 0 Å². The van der Waals surface area contributed by atoms with Crippen LogP contribution in [0.25, 0.3) is 0 Å². The first-order chi connectivity index (χ1) is 8.04. The smallest absolute Gasteiger partial charge is 0.0959 e. The lowest BCUT2D eigenvalue weighted by Gasteiger charge is -2.27. The second kappa shape index (κ2) is 4.69. The molecule has 0 saturated heterocycles. The molecule has 17 heavy (non-hydrogen) atoms. The van der Waals surface area contributed by atoms with E-state index < -0.39 is 0 Å². The van der Waals surface area contributed by atoms with E-state index in [1.165, 1.54) is 18.6 Å². The number of aliphatic hydroxyl groups is 2. The number of hydrogen-bond acceptors (Lipinski definition) is 3. The van der Waals surface area contributed by atoms with Gasteiger partial charge in [-0.05, 0) is 30.1 Å². The van der Waals surface area contributed by atoms with Gasteiger partial charge in [-0.15, -0.1) is 0 Å². The van der Waals surface area contributed by atoms with E-state index >= 15 is 0 Å². The van der Waals surface area contributed by atoms with Crippen LogP contribution in [0.2, 0.25) is 0 Å². The van der Waals surface area contributed by atoms with Gasteiger partial charge in [0.05, 0.1) is 19.3 Å². The van der Waals surface area contributed by atoms with Crippen LogP contribution in [0.1, 0.15) is 40.0 Å². The van der Waals surface area contributed by atoms with Crippen molar-refractivity contribution >= 4 is 5.71 Å². The third-order valence-corrected chi connectivity index (χ3v) is 5.02. The molecule has 0 amide bonds. The molecule has 0 radical (unpaired) electrons. The summed E-state index contributed by atoms with van der Waals surface area (Å²) >= 11 is 0. The summed E-state index contributed by atoms with van der Waals surface area (Å²) in [5.41, 5.74) is 1.61. The molecule has 2 rings (SSSR count). The summed E-state index contributed by atoms with van der Waals surface area (Å²) < 4.78 is 0. The van der Waals surface area contributed by atoms with Crippen molar-refractivity contribution in [1.29, 1.82) is 0 Å². The van der Waals surface area contributed by atoms with Gasteiger partial charge in [0.15, 0.2) is 0 Å². The Balaban J connectivity index is 2.22. The SMILES string of the molecule is CCC1CC2CC(=NC(CO)CO)C1C2(C)C. The van der Waals surface area contributed by atoms with Gasteiger partial charge in [0, 0.05) is 11.6 Å². The zero-order chi connectivity index (χ0) is 12.6. The van der Waals surface area contributed by atoms with Gasteiger partial charge in [-0.3, -0.25) is 4.99 Å². The van der Waals surface area contributed by atoms with Crippen molar-refractivity contribution in [2.45, 2.75) is 46.1 Å². The van der Waals surface area contributed by atoms with E-state index in [2.05, 4.69) is 25.8 Å². The molecule has 0 spiro atoms. The molecule has 3 heteroatoms. The summed E-state index contributed by atoms with van der Waals surface area (Å²) in [7, 11) is 0. The zero-order valence-corrected chi connectivity index (χ0v) is 11.2. The van der Waals surface area contributed by atoms with E-state index in [0.717, 1.165) is 18.3 Å². The molecule has 0 aromatic heterocycles. The van der Waals surface area contributed by atoms with E-state index in [9.17, 15) is 0 Å². The molecule has 3 nitrogen and oxygen atoms in total. The summed E-state index contributed by atoms with van der Waals surface area (Å²) in [6, 6.07) is -0.308. The molecule has 3 atom stereocenters. The van der Waals surface area contributed by atoms with Crippen molar-refractivity contribution in [2.24, 2.45) is 28.2 Å². The molecule has 2 saturated carbocycles. The number of aliphatic hydroxyl groups excluding tert-OH is 2. The van der Waals surface area contributed by atoms with E-state index in [1.54, 1.807) is 0 Å². The van der Waals surface area contributed by atoms with Gasteiger partial charge in [-0.25, -0.2) is 0 Å². The highest BCUT2D eigenvalue weighted by Gasteiger charge is 2.55. The lowest BCUT2D eigenvalue weighted by molar-refractivity contribution is 0.194. The van der Waals surface area contributed by atoms with Crippen LogP contribution < -0.4 is 0 Å². The molecule has 2 aliphatic carbocycles. The maximum Gasteiger partial charge on any atom is 0.0959 e. The third-order valence-electron chi connectivity index (χ3n) is 5.02. The standard InChI is InChI=1S/C14H25NO2/c1-4-9-5-10-6-12(13(9)14(10,2)3)15-11(7-16)8-17/h9-11,13,16-17H,4-8H2,1-3H3. The van der Waals surface area contributed by atoms with Gasteiger partial charge in [0.2, 0.25) is 0 Å². The van der Waals surface area contributed by atoms with Crippen LogP contribution in [0.15, 0.2) is 4.99 Å². The quantitative estimate of drug-likeness (QED) is 0.787. The van der Waals surface area contributed by atoms with Crippen molar-refractivity contribution in [3.8, 4) is 0 Å². The van der Waals surface area contributed by atoms with Gasteiger partial charge < -0.3 is 10.2 Å². The fraction of sp³-hybridized carbons (Fsp3) is 0.929. The first kappa shape index (κ1) is 13.0. The van der Waals surface area contributed by atoms with Crippen molar-refractivity contribution in [3.63, 3.8) is 0 Å². The van der Waals surface area contributed by atoms with Crippen molar-refractivity contribution in [2.75, 3.05) is 13.2 Å². The minimum atomic E-state index is -0.308. The summed E-state index contributed by atoms with van der Waals surface area (Å²) in [6.45, 7) is 6.87. The van der Waals surface area contributed by atoms with Crippen molar-refractivity contribution in [3.05, 3.63) is 0 Å². The van der Waals surface area contributed by atoms with E-state index in [0.29, 0.717) is 11.3 Å². The molecular formula is C14H25NO2. The monoisotopic (exact) mass is 239 g/mol. The van der Waals surface area contributed by atoms with Crippen molar-refractivity contribution in [1.82, 2.24) is 0 Å². The second-order valence-electron chi connectivity index (χ2n) is 6.24. The molecule has 3 unspecified atom stereocenters. The predicted molar refractivity (Wildman–Crippen MR) is 69.2 cm³/mol. The third kappa shape index (κ3) is 2.04. The number of fused-ring (bicyclic) bond motifs is 2. The average molecular weight is 239 g/mol. The van der Waals surface area contributed by atoms with Gasteiger partial charge >= 0.3 is 0 Å². The molecule has 0 aliphatic heterocycles. The number of rotatable bonds is 4. The van der Waals surface area contributed by atoms with Crippen LogP contribution in [-0.4, -0.2) is 35.2 Å². The summed E-state index contributed by atoms with van der Waals surface area (Å²) in [6.07, 6.45) is 3.62. The normalized spacial score (nSPS) is 37.3. The van der Waals surface area contributed by atoms with Crippen LogP contribution in [-0.2, 0) is 0 Å². The highest BCUT2D eigenvalue weighted by atomic mass is 16.3. The predicted octanol–water partition coefficient (Wildman–Crippen LogP) is 1.87. The molecule has 0 aromatic carbocycles. The van der Waals surface area contributed by atoms with E-state index in [4.69, 9.17) is 10.2 Å². The summed E-state index contributed by atoms with van der Waals surface area (Å²) in [5, 5.41) is 18.3. The lowest BCUT2D eigenvalue weighted by Crippen LogP contribution is -2.28. The van der Waals surface area contributed by atoms with Crippen molar-refractivity contribution < 1.29 is 10.2 Å². The van der Waals surface area contributed by atoms with Crippen LogP contribution in [0.3, 0.4) is 0 Å². The van der Waals surface area contributed by atoms with Crippen LogP contribution >= 0.6 is 0 Å². The lowest BCUT2D eigenvalue weighted by atomic mass is 9.78. The Bertz CT molecular complexity index is 307. The fourth-order valence-corrected chi connectivity index (χ4v) is 4.00. The zero-order valence-electron chi connectivity index (χ0n) is 11.2. The van der Waals surface area contributed by atoms with E-state index in [-0.39, 0.29) is 19.3 Å². The average Bonchev–Trinajstić information content (AvgIpc) is 2.71. The van der Waals surface area contributed by atoms with Gasteiger partial charge in [0.1, 0.15) is 0 Å². The Labute approximate surface area is 104 Å². The molecule has 98 valence electrons. The molecular weight excluding hydrogens is 214 g/mol. The van der Waals surface area contributed by atoms with Crippen LogP contribution in [0.4, 0.5) is 0 Å². The van der Waals surface area contributed by atoms with Gasteiger partial charge in [-0.1, -0.05) is 27.2 Å². The minimum Gasteiger partial charge on any atom is -0.394 e.